The minimum absolute atomic E-state index is 0.315. The molecule has 1 fully saturated rings. The summed E-state index contributed by atoms with van der Waals surface area (Å²) in [6.45, 7) is 8.07. The van der Waals surface area contributed by atoms with Crippen LogP contribution in [0, 0.1) is 0 Å². The van der Waals surface area contributed by atoms with Crippen LogP contribution in [0.25, 0.3) is 0 Å². The van der Waals surface area contributed by atoms with Crippen molar-refractivity contribution in [2.45, 2.75) is 44.8 Å². The van der Waals surface area contributed by atoms with Crippen LogP contribution in [0.1, 0.15) is 39.2 Å². The number of pyridine rings is 1. The van der Waals surface area contributed by atoms with Crippen molar-refractivity contribution >= 4 is 7.12 Å². The molecule has 1 saturated heterocycles. The van der Waals surface area contributed by atoms with Crippen molar-refractivity contribution in [2.24, 2.45) is 5.73 Å². The second-order valence-corrected chi connectivity index (χ2v) is 5.44. The van der Waals surface area contributed by atoms with Crippen molar-refractivity contribution in [1.82, 2.24) is 4.98 Å². The van der Waals surface area contributed by atoms with Crippen LogP contribution in [-0.2, 0) is 9.31 Å². The quantitative estimate of drug-likeness (QED) is 0.791. The van der Waals surface area contributed by atoms with E-state index in [0.717, 1.165) is 5.56 Å². The van der Waals surface area contributed by atoms with Crippen LogP contribution < -0.4 is 5.73 Å². The summed E-state index contributed by atoms with van der Waals surface area (Å²) >= 11 is 0. The van der Waals surface area contributed by atoms with Crippen molar-refractivity contribution in [3.05, 3.63) is 30.1 Å². The molecule has 1 aliphatic heterocycles. The van der Waals surface area contributed by atoms with E-state index < -0.39 is 7.12 Å². The maximum Gasteiger partial charge on any atom is 0.480 e. The minimum atomic E-state index is -0.427. The molecule has 1 aromatic heterocycles. The molecule has 4 nitrogen and oxygen atoms in total. The molecular formula is C12H19BN2O2. The molecule has 0 unspecified atom stereocenters. The lowest BCUT2D eigenvalue weighted by Crippen LogP contribution is -2.41. The Morgan fingerprint density at radius 1 is 1.24 bits per heavy atom. The highest BCUT2D eigenvalue weighted by Gasteiger charge is 2.53. The molecule has 5 heteroatoms. The summed E-state index contributed by atoms with van der Waals surface area (Å²) in [4.78, 5) is 4.06. The molecule has 0 aliphatic carbocycles. The lowest BCUT2D eigenvalue weighted by atomic mass is 9.75. The minimum Gasteiger partial charge on any atom is -0.402 e. The molecular weight excluding hydrogens is 215 g/mol. The van der Waals surface area contributed by atoms with Crippen LogP contribution in [0.5, 0.6) is 0 Å². The van der Waals surface area contributed by atoms with Gasteiger partial charge in [-0.2, -0.15) is 0 Å². The number of hydrogen-bond acceptors (Lipinski definition) is 4. The number of aromatic nitrogens is 1. The summed E-state index contributed by atoms with van der Waals surface area (Å²) in [6.07, 6.45) is 3.47. The van der Waals surface area contributed by atoms with Gasteiger partial charge in [0.25, 0.3) is 0 Å². The highest BCUT2D eigenvalue weighted by Crippen LogP contribution is 2.39. The summed E-state index contributed by atoms with van der Waals surface area (Å²) in [7, 11) is -0.427. The molecule has 0 aromatic carbocycles. The van der Waals surface area contributed by atoms with Crippen molar-refractivity contribution < 1.29 is 9.31 Å². The Bertz CT molecular complexity index is 379. The highest BCUT2D eigenvalue weighted by atomic mass is 16.7. The summed E-state index contributed by atoms with van der Waals surface area (Å²) < 4.78 is 11.8. The first-order chi connectivity index (χ1) is 7.83. The Labute approximate surface area is 103 Å². The third kappa shape index (κ3) is 2.23. The predicted molar refractivity (Wildman–Crippen MR) is 67.2 cm³/mol. The SMILES string of the molecule is CC1(C)OB([C@H](N)c2cccnc2)OC1(C)C. The molecule has 2 rings (SSSR count). The second kappa shape index (κ2) is 4.08. The van der Waals surface area contributed by atoms with Crippen molar-refractivity contribution in [1.29, 1.82) is 0 Å². The first-order valence-electron chi connectivity index (χ1n) is 5.85. The average Bonchev–Trinajstić information content (AvgIpc) is 2.48. The van der Waals surface area contributed by atoms with E-state index in [9.17, 15) is 0 Å². The van der Waals surface area contributed by atoms with Gasteiger partial charge >= 0.3 is 7.12 Å². The molecule has 1 aromatic rings. The van der Waals surface area contributed by atoms with E-state index in [-0.39, 0.29) is 17.1 Å². The van der Waals surface area contributed by atoms with Crippen LogP contribution in [0.3, 0.4) is 0 Å². The Morgan fingerprint density at radius 3 is 2.29 bits per heavy atom. The Balaban J connectivity index is 2.17. The van der Waals surface area contributed by atoms with Crippen molar-refractivity contribution in [2.75, 3.05) is 0 Å². The first-order valence-corrected chi connectivity index (χ1v) is 5.85. The van der Waals surface area contributed by atoms with E-state index in [1.165, 1.54) is 0 Å². The van der Waals surface area contributed by atoms with Gasteiger partial charge in [-0.25, -0.2) is 0 Å². The zero-order chi connectivity index (χ0) is 12.7. The zero-order valence-corrected chi connectivity index (χ0v) is 10.8. The van der Waals surface area contributed by atoms with Gasteiger partial charge in [0.15, 0.2) is 0 Å². The fourth-order valence-electron chi connectivity index (χ4n) is 1.77. The second-order valence-electron chi connectivity index (χ2n) is 5.44. The molecule has 92 valence electrons. The van der Waals surface area contributed by atoms with E-state index in [2.05, 4.69) is 4.98 Å². The highest BCUT2D eigenvalue weighted by molar-refractivity contribution is 6.47. The third-order valence-electron chi connectivity index (χ3n) is 3.63. The van der Waals surface area contributed by atoms with Crippen LogP contribution >= 0.6 is 0 Å². The van der Waals surface area contributed by atoms with E-state index in [1.54, 1.807) is 12.4 Å². The Morgan fingerprint density at radius 2 is 1.82 bits per heavy atom. The summed E-state index contributed by atoms with van der Waals surface area (Å²) in [5.74, 6) is -0.315. The van der Waals surface area contributed by atoms with Gasteiger partial charge in [0.1, 0.15) is 0 Å². The number of hydrogen-bond donors (Lipinski definition) is 1. The smallest absolute Gasteiger partial charge is 0.402 e. The van der Waals surface area contributed by atoms with Gasteiger partial charge in [-0.3, -0.25) is 4.98 Å². The van der Waals surface area contributed by atoms with Crippen LogP contribution in [0.4, 0.5) is 0 Å². The van der Waals surface area contributed by atoms with Gasteiger partial charge < -0.3 is 15.0 Å². The Kier molecular flexibility index (Phi) is 3.02. The number of nitrogens with two attached hydrogens (primary N) is 1. The maximum absolute atomic E-state index is 6.15. The number of rotatable bonds is 2. The lowest BCUT2D eigenvalue weighted by molar-refractivity contribution is 0.00578. The maximum atomic E-state index is 6.15. The molecule has 0 amide bonds. The number of nitrogens with zero attached hydrogens (tertiary/aromatic N) is 1. The third-order valence-corrected chi connectivity index (χ3v) is 3.63. The first kappa shape index (κ1) is 12.5. The standard InChI is InChI=1S/C12H19BN2O2/c1-11(2)12(3,4)17-13(16-11)10(14)9-6-5-7-15-8-9/h5-8,10H,14H2,1-4H3/t10-/m1/s1. The molecule has 1 atom stereocenters. The van der Waals surface area contributed by atoms with Gasteiger partial charge in [0, 0.05) is 12.4 Å². The fraction of sp³-hybridized carbons (Fsp3) is 0.583. The summed E-state index contributed by atoms with van der Waals surface area (Å²) in [5.41, 5.74) is 6.38. The topological polar surface area (TPSA) is 57.4 Å². The molecule has 0 saturated carbocycles. The van der Waals surface area contributed by atoms with Gasteiger partial charge in [-0.15, -0.1) is 0 Å². The monoisotopic (exact) mass is 234 g/mol. The van der Waals surface area contributed by atoms with E-state index in [0.29, 0.717) is 0 Å². The predicted octanol–water partition coefficient (Wildman–Crippen LogP) is 1.71. The zero-order valence-electron chi connectivity index (χ0n) is 10.8. The molecule has 2 N–H and O–H groups in total. The molecule has 0 radical (unpaired) electrons. The van der Waals surface area contributed by atoms with Crippen molar-refractivity contribution in [3.8, 4) is 0 Å². The van der Waals surface area contributed by atoms with E-state index in [1.807, 2.05) is 39.8 Å². The lowest BCUT2D eigenvalue weighted by Gasteiger charge is -2.32. The van der Waals surface area contributed by atoms with Crippen LogP contribution in [0.2, 0.25) is 0 Å². The largest absolute Gasteiger partial charge is 0.480 e. The van der Waals surface area contributed by atoms with Crippen molar-refractivity contribution in [3.63, 3.8) is 0 Å². The molecule has 2 heterocycles. The van der Waals surface area contributed by atoms with Gasteiger partial charge in [0.05, 0.1) is 17.1 Å². The molecule has 0 spiro atoms. The van der Waals surface area contributed by atoms with Crippen LogP contribution in [0.15, 0.2) is 24.5 Å². The molecule has 1 aliphatic rings. The molecule has 0 bridgehead atoms. The fourth-order valence-corrected chi connectivity index (χ4v) is 1.77. The van der Waals surface area contributed by atoms with Crippen LogP contribution in [-0.4, -0.2) is 23.3 Å². The molecule has 17 heavy (non-hydrogen) atoms. The normalized spacial score (nSPS) is 23.7. The van der Waals surface area contributed by atoms with E-state index >= 15 is 0 Å². The van der Waals surface area contributed by atoms with E-state index in [4.69, 9.17) is 15.0 Å². The Hall–Kier alpha value is -0.905. The summed E-state index contributed by atoms with van der Waals surface area (Å²) in [6, 6.07) is 3.79. The van der Waals surface area contributed by atoms with Gasteiger partial charge in [0.2, 0.25) is 0 Å². The van der Waals surface area contributed by atoms with Gasteiger partial charge in [-0.05, 0) is 39.3 Å². The summed E-state index contributed by atoms with van der Waals surface area (Å²) in [5, 5.41) is 0. The van der Waals surface area contributed by atoms with Gasteiger partial charge in [-0.1, -0.05) is 6.07 Å². The average molecular weight is 234 g/mol.